The first-order valence-corrected chi connectivity index (χ1v) is 9.81. The molecule has 2 aromatic rings. The smallest absolute Gasteiger partial charge is 0.158 e. The van der Waals surface area contributed by atoms with Crippen LogP contribution in [0.1, 0.15) is 35.0 Å². The maximum Gasteiger partial charge on any atom is 0.158 e. The summed E-state index contributed by atoms with van der Waals surface area (Å²) in [7, 11) is 0. The lowest BCUT2D eigenvalue weighted by Crippen LogP contribution is -2.21. The third-order valence-corrected chi connectivity index (χ3v) is 7.08. The zero-order chi connectivity index (χ0) is 17.4. The first-order valence-electron chi connectivity index (χ1n) is 8.05. The molecule has 2 atom stereocenters. The molecule has 2 aromatic carbocycles. The van der Waals surface area contributed by atoms with Gasteiger partial charge in [-0.05, 0) is 17.5 Å². The second-order valence-electron chi connectivity index (χ2n) is 5.44. The number of hydrogen-bond acceptors (Lipinski definition) is 3. The van der Waals surface area contributed by atoms with E-state index in [1.54, 1.807) is 0 Å². The van der Waals surface area contributed by atoms with Gasteiger partial charge in [-0.1, -0.05) is 79.7 Å². The normalized spacial score (nSPS) is 15.9. The van der Waals surface area contributed by atoms with Gasteiger partial charge >= 0.3 is 0 Å². The average Bonchev–Trinajstić information content (AvgIpc) is 2.65. The second kappa shape index (κ2) is 9.16. The van der Waals surface area contributed by atoms with Crippen molar-refractivity contribution in [3.8, 4) is 0 Å². The molecule has 0 fully saturated rings. The quantitative estimate of drug-likeness (QED) is 0.417. The summed E-state index contributed by atoms with van der Waals surface area (Å²) in [4.78, 5) is 0. The van der Waals surface area contributed by atoms with Gasteiger partial charge in [0, 0.05) is 0 Å². The van der Waals surface area contributed by atoms with Gasteiger partial charge in [-0.2, -0.15) is 0 Å². The Balaban J connectivity index is 2.17. The molecule has 126 valence electrons. The number of rotatable bonds is 9. The van der Waals surface area contributed by atoms with Crippen molar-refractivity contribution in [2.75, 3.05) is 0 Å². The van der Waals surface area contributed by atoms with Crippen LogP contribution in [0.15, 0.2) is 86.0 Å². The molecule has 2 unspecified atom stereocenters. The Morgan fingerprint density at radius 2 is 1.25 bits per heavy atom. The van der Waals surface area contributed by atoms with E-state index in [9.17, 15) is 5.11 Å². The van der Waals surface area contributed by atoms with E-state index in [2.05, 4.69) is 37.4 Å². The summed E-state index contributed by atoms with van der Waals surface area (Å²) in [5, 5.41) is 11.3. The Morgan fingerprint density at radius 3 is 1.54 bits per heavy atom. The Labute approximate surface area is 153 Å². The van der Waals surface area contributed by atoms with E-state index in [4.69, 9.17) is 0 Å². The molecule has 0 aliphatic carbocycles. The fourth-order valence-corrected chi connectivity index (χ4v) is 5.13. The minimum absolute atomic E-state index is 0.0462. The molecule has 3 heteroatoms. The van der Waals surface area contributed by atoms with Crippen molar-refractivity contribution in [3.05, 3.63) is 97.1 Å². The van der Waals surface area contributed by atoms with Crippen molar-refractivity contribution >= 4 is 23.5 Å². The fraction of sp³-hybridized carbons (Fsp3) is 0.238. The van der Waals surface area contributed by atoms with Crippen LogP contribution in [0, 0.1) is 0 Å². The molecule has 24 heavy (non-hydrogen) atoms. The summed E-state index contributed by atoms with van der Waals surface area (Å²) < 4.78 is -0.913. The molecule has 0 aliphatic rings. The number of benzene rings is 2. The fourth-order valence-electron chi connectivity index (χ4n) is 2.38. The lowest BCUT2D eigenvalue weighted by Gasteiger charge is -2.32. The maximum absolute atomic E-state index is 11.2. The molecule has 2 rings (SSSR count). The van der Waals surface area contributed by atoms with E-state index in [1.807, 2.05) is 55.5 Å². The lowest BCUT2D eigenvalue weighted by atomic mass is 10.1. The zero-order valence-corrected chi connectivity index (χ0v) is 15.6. The highest BCUT2D eigenvalue weighted by molar-refractivity contribution is 8.18. The molecule has 0 aromatic heterocycles. The van der Waals surface area contributed by atoms with Crippen LogP contribution in [0.5, 0.6) is 0 Å². The van der Waals surface area contributed by atoms with Gasteiger partial charge in [0.25, 0.3) is 0 Å². The Bertz CT molecular complexity index is 586. The first kappa shape index (κ1) is 18.9. The van der Waals surface area contributed by atoms with Crippen LogP contribution in [0.25, 0.3) is 0 Å². The summed E-state index contributed by atoms with van der Waals surface area (Å²) >= 11 is 3.07. The third kappa shape index (κ3) is 5.04. The van der Waals surface area contributed by atoms with Crippen molar-refractivity contribution in [2.45, 2.75) is 28.1 Å². The Kier molecular flexibility index (Phi) is 7.22. The van der Waals surface area contributed by atoms with Crippen molar-refractivity contribution in [2.24, 2.45) is 0 Å². The molecule has 0 aliphatic heterocycles. The topological polar surface area (TPSA) is 20.2 Å². The van der Waals surface area contributed by atoms with E-state index in [0.29, 0.717) is 6.42 Å². The zero-order valence-electron chi connectivity index (χ0n) is 14.0. The standard InChI is InChI=1S/C21H24OS2/c1-4-19(17-13-9-7-10-14-17)23-21(22,6-3)24-20(5-2)18-15-11-8-12-16-18/h4-5,7-16,19-20,22H,1-2,6H2,3H3. The highest BCUT2D eigenvalue weighted by Gasteiger charge is 2.32. The molecule has 1 nitrogen and oxygen atoms in total. The van der Waals surface area contributed by atoms with Gasteiger partial charge in [0.15, 0.2) is 4.27 Å². The average molecular weight is 357 g/mol. The van der Waals surface area contributed by atoms with Crippen LogP contribution < -0.4 is 0 Å². The van der Waals surface area contributed by atoms with Gasteiger partial charge in [0.1, 0.15) is 0 Å². The van der Waals surface area contributed by atoms with Crippen molar-refractivity contribution < 1.29 is 5.11 Å². The van der Waals surface area contributed by atoms with Crippen LogP contribution in [0.3, 0.4) is 0 Å². The van der Waals surface area contributed by atoms with Crippen LogP contribution in [0.2, 0.25) is 0 Å². The monoisotopic (exact) mass is 356 g/mol. The van der Waals surface area contributed by atoms with E-state index in [1.165, 1.54) is 23.5 Å². The summed E-state index contributed by atoms with van der Waals surface area (Å²) in [5.41, 5.74) is 2.31. The molecule has 0 heterocycles. The number of aliphatic hydroxyl groups is 1. The van der Waals surface area contributed by atoms with Crippen LogP contribution in [-0.4, -0.2) is 9.37 Å². The van der Waals surface area contributed by atoms with Crippen molar-refractivity contribution in [1.29, 1.82) is 0 Å². The minimum Gasteiger partial charge on any atom is -0.370 e. The Morgan fingerprint density at radius 1 is 0.875 bits per heavy atom. The largest absolute Gasteiger partial charge is 0.370 e. The molecule has 0 bridgehead atoms. The molecule has 0 radical (unpaired) electrons. The summed E-state index contributed by atoms with van der Waals surface area (Å²) in [5.74, 6) is 0. The van der Waals surface area contributed by atoms with Gasteiger partial charge in [-0.3, -0.25) is 0 Å². The third-order valence-electron chi connectivity index (χ3n) is 3.75. The van der Waals surface area contributed by atoms with Crippen LogP contribution in [0.4, 0.5) is 0 Å². The van der Waals surface area contributed by atoms with E-state index in [-0.39, 0.29) is 10.5 Å². The molecule has 0 saturated heterocycles. The van der Waals surface area contributed by atoms with Gasteiger partial charge in [0.2, 0.25) is 0 Å². The number of thioether (sulfide) groups is 2. The molecular formula is C21H24OS2. The van der Waals surface area contributed by atoms with E-state index < -0.39 is 4.27 Å². The van der Waals surface area contributed by atoms with E-state index >= 15 is 0 Å². The van der Waals surface area contributed by atoms with E-state index in [0.717, 1.165) is 11.1 Å². The molecular weight excluding hydrogens is 332 g/mol. The van der Waals surface area contributed by atoms with Crippen LogP contribution >= 0.6 is 23.5 Å². The van der Waals surface area contributed by atoms with Gasteiger partial charge in [-0.15, -0.1) is 36.7 Å². The predicted octanol–water partition coefficient (Wildman–Crippen LogP) is 6.36. The van der Waals surface area contributed by atoms with Gasteiger partial charge < -0.3 is 5.11 Å². The minimum atomic E-state index is -0.913. The molecule has 0 spiro atoms. The van der Waals surface area contributed by atoms with Crippen molar-refractivity contribution in [1.82, 2.24) is 0 Å². The second-order valence-corrected chi connectivity index (χ2v) is 8.53. The first-order chi connectivity index (χ1) is 11.6. The molecule has 0 amide bonds. The Hall–Kier alpha value is -1.42. The van der Waals surface area contributed by atoms with Gasteiger partial charge in [0.05, 0.1) is 10.5 Å². The summed E-state index contributed by atoms with van der Waals surface area (Å²) in [6.45, 7) is 9.91. The van der Waals surface area contributed by atoms with Crippen molar-refractivity contribution in [3.63, 3.8) is 0 Å². The maximum atomic E-state index is 11.2. The predicted molar refractivity (Wildman–Crippen MR) is 109 cm³/mol. The lowest BCUT2D eigenvalue weighted by molar-refractivity contribution is 0.225. The molecule has 1 N–H and O–H groups in total. The van der Waals surface area contributed by atoms with Gasteiger partial charge in [-0.25, -0.2) is 0 Å². The molecule has 0 saturated carbocycles. The summed E-state index contributed by atoms with van der Waals surface area (Å²) in [6.07, 6.45) is 4.43. The number of hydrogen-bond donors (Lipinski definition) is 1. The highest BCUT2D eigenvalue weighted by Crippen LogP contribution is 2.51. The SMILES string of the molecule is C=CC(SC(O)(CC)SC(C=C)c1ccccc1)c1ccccc1. The van der Waals surface area contributed by atoms with Crippen LogP contribution in [-0.2, 0) is 0 Å². The highest BCUT2D eigenvalue weighted by atomic mass is 32.2. The summed E-state index contributed by atoms with van der Waals surface area (Å²) in [6, 6.07) is 20.3.